The molecule has 3 aliphatic carbocycles. The Bertz CT molecular complexity index is 4190. The van der Waals surface area contributed by atoms with Gasteiger partial charge in [0, 0.05) is 131 Å². The van der Waals surface area contributed by atoms with Gasteiger partial charge in [0.1, 0.15) is 34.4 Å². The molecule has 0 atom stereocenters. The van der Waals surface area contributed by atoms with Gasteiger partial charge in [-0.2, -0.15) is 15.0 Å². The third-order valence-electron chi connectivity index (χ3n) is 20.2. The van der Waals surface area contributed by atoms with E-state index in [1.807, 2.05) is 55.0 Å². The number of carbonyl (C=O) groups is 3. The molecular weight excluding hydrogens is 1250 g/mol. The number of fused-ring (bicyclic) bond motifs is 3. The minimum atomic E-state index is -0.248. The predicted octanol–water partition coefficient (Wildman–Crippen LogP) is 8.90. The largest absolute Gasteiger partial charge is 0.368 e. The number of piperazine rings is 3. The summed E-state index contributed by atoms with van der Waals surface area (Å²) in [5.41, 5.74) is 6.88. The average Bonchev–Trinajstić information content (AvgIpc) is 1.65. The number of rotatable bonds is 15. The van der Waals surface area contributed by atoms with Gasteiger partial charge in [-0.3, -0.25) is 42.5 Å². The van der Waals surface area contributed by atoms with Crippen molar-refractivity contribution < 1.29 is 14.4 Å². The van der Waals surface area contributed by atoms with E-state index in [1.54, 1.807) is 53.1 Å². The molecule has 6 aliphatic rings. The molecule has 9 aromatic heterocycles. The minimum Gasteiger partial charge on any atom is -0.368 e. The molecule has 0 bridgehead atoms. The number of hydrogen-bond donors (Lipinski definition) is 6. The van der Waals surface area contributed by atoms with E-state index in [2.05, 4.69) is 76.5 Å². The maximum atomic E-state index is 13.3. The summed E-state index contributed by atoms with van der Waals surface area (Å²) in [6.07, 6.45) is 22.6. The number of ketones is 3. The highest BCUT2D eigenvalue weighted by molar-refractivity contribution is 6.01. The molecular formula is C72H87N21O6. The minimum absolute atomic E-state index is 0.0536. The van der Waals surface area contributed by atoms with Crippen molar-refractivity contribution >= 4 is 103 Å². The fourth-order valence-corrected chi connectivity index (χ4v) is 15.0. The van der Waals surface area contributed by atoms with Gasteiger partial charge in [0.2, 0.25) is 17.8 Å². The Morgan fingerprint density at radius 3 is 0.848 bits per heavy atom. The van der Waals surface area contributed by atoms with Crippen molar-refractivity contribution in [2.24, 2.45) is 0 Å². The Morgan fingerprint density at radius 1 is 0.374 bits per heavy atom. The molecule has 3 saturated carbocycles. The molecule has 27 heteroatoms. The summed E-state index contributed by atoms with van der Waals surface area (Å²) in [5.74, 6) is 2.40. The van der Waals surface area contributed by atoms with Gasteiger partial charge in [-0.1, -0.05) is 38.5 Å². The molecule has 3 saturated heterocycles. The molecule has 0 spiro atoms. The Morgan fingerprint density at radius 2 is 0.626 bits per heavy atom. The van der Waals surface area contributed by atoms with Crippen LogP contribution in [0, 0.1) is 20.8 Å². The van der Waals surface area contributed by atoms with E-state index in [1.165, 1.54) is 20.8 Å². The SMILES string of the molecule is CC(=O)c1c(C)c2cnc(Nc3ccc(N4CCNCC4)cn3)nc2n(C2CCCC2)c1=O.CC(=O)c1c(C)c2cnc(Nc3ccc(N4CCNCC4)cn3)nc2n(C2CCCC2)c1=O.CC(=O)c1c(C)c2cnc(Nc3ccc(N4CCNCC4)cn3)nc2n(C2CCCC2)c1=O. The zero-order chi connectivity index (χ0) is 68.8. The number of aromatic nitrogens is 12. The maximum absolute atomic E-state index is 13.3. The van der Waals surface area contributed by atoms with Crippen LogP contribution >= 0.6 is 0 Å². The van der Waals surface area contributed by atoms with E-state index in [0.29, 0.717) is 68.9 Å². The summed E-state index contributed by atoms with van der Waals surface area (Å²) in [5, 5.41) is 21.8. The smallest absolute Gasteiger partial charge is 0.263 e. The highest BCUT2D eigenvalue weighted by Crippen LogP contribution is 2.36. The molecule has 12 heterocycles. The van der Waals surface area contributed by atoms with Crippen LogP contribution in [0.15, 0.2) is 88.0 Å². The summed E-state index contributed by atoms with van der Waals surface area (Å²) in [7, 11) is 0. The predicted molar refractivity (Wildman–Crippen MR) is 386 cm³/mol. The lowest BCUT2D eigenvalue weighted by Gasteiger charge is -2.29. The number of aryl methyl sites for hydroxylation is 3. The number of carbonyl (C=O) groups excluding carboxylic acids is 3. The van der Waals surface area contributed by atoms with Crippen molar-refractivity contribution in [2.75, 3.05) is 109 Å². The summed E-state index contributed by atoms with van der Waals surface area (Å²) < 4.78 is 5.17. The lowest BCUT2D eigenvalue weighted by Crippen LogP contribution is -2.43. The number of hydrogen-bond acceptors (Lipinski definition) is 24. The van der Waals surface area contributed by atoms with Crippen molar-refractivity contribution in [2.45, 2.75) is 137 Å². The van der Waals surface area contributed by atoms with Crippen LogP contribution < -0.4 is 63.3 Å². The number of nitrogens with zero attached hydrogens (tertiary/aromatic N) is 15. The second kappa shape index (κ2) is 30.0. The van der Waals surface area contributed by atoms with Crippen LogP contribution in [-0.4, -0.2) is 154 Å². The van der Waals surface area contributed by atoms with Crippen LogP contribution in [0.25, 0.3) is 33.1 Å². The molecule has 0 aromatic carbocycles. The monoisotopic (exact) mass is 1340 g/mol. The summed E-state index contributed by atoms with van der Waals surface area (Å²) in [6.45, 7) is 21.3. The fraction of sp³-hybridized carbons (Fsp3) is 0.458. The average molecular weight is 1340 g/mol. The van der Waals surface area contributed by atoms with Crippen LogP contribution in [0.5, 0.6) is 0 Å². The van der Waals surface area contributed by atoms with Gasteiger partial charge >= 0.3 is 0 Å². The van der Waals surface area contributed by atoms with Gasteiger partial charge in [-0.25, -0.2) is 29.9 Å². The quantitative estimate of drug-likeness (QED) is 0.0522. The van der Waals surface area contributed by atoms with Gasteiger partial charge < -0.3 is 46.6 Å². The van der Waals surface area contributed by atoms with E-state index in [-0.39, 0.29) is 68.8 Å². The third-order valence-corrected chi connectivity index (χ3v) is 20.2. The van der Waals surface area contributed by atoms with E-state index in [9.17, 15) is 28.8 Å². The molecule has 9 aromatic rings. The van der Waals surface area contributed by atoms with Crippen molar-refractivity contribution in [1.82, 2.24) is 74.5 Å². The van der Waals surface area contributed by atoms with Gasteiger partial charge in [-0.15, -0.1) is 0 Å². The van der Waals surface area contributed by atoms with Gasteiger partial charge in [0.05, 0.1) is 52.3 Å². The molecule has 99 heavy (non-hydrogen) atoms. The van der Waals surface area contributed by atoms with E-state index in [0.717, 1.165) is 189 Å². The van der Waals surface area contributed by atoms with Crippen molar-refractivity contribution in [3.63, 3.8) is 0 Å². The zero-order valence-corrected chi connectivity index (χ0v) is 57.3. The summed E-state index contributed by atoms with van der Waals surface area (Å²) in [6, 6.07) is 12.0. The molecule has 3 aliphatic heterocycles. The van der Waals surface area contributed by atoms with Crippen molar-refractivity contribution in [3.05, 3.63) is 138 Å². The molecule has 15 rings (SSSR count). The molecule has 27 nitrogen and oxygen atoms in total. The molecule has 0 radical (unpaired) electrons. The maximum Gasteiger partial charge on any atom is 0.263 e. The Balaban J connectivity index is 0.000000133. The van der Waals surface area contributed by atoms with Crippen LogP contribution in [0.3, 0.4) is 0 Å². The lowest BCUT2D eigenvalue weighted by atomic mass is 10.0. The highest BCUT2D eigenvalue weighted by atomic mass is 16.2. The lowest BCUT2D eigenvalue weighted by molar-refractivity contribution is 0.100. The fourth-order valence-electron chi connectivity index (χ4n) is 15.0. The summed E-state index contributed by atoms with van der Waals surface area (Å²) in [4.78, 5) is 125. The van der Waals surface area contributed by atoms with E-state index < -0.39 is 0 Å². The Kier molecular flexibility index (Phi) is 20.5. The molecule has 6 N–H and O–H groups in total. The molecule has 0 unspecified atom stereocenters. The van der Waals surface area contributed by atoms with Crippen molar-refractivity contribution in [3.8, 4) is 0 Å². The number of Topliss-reactive ketones (excluding diaryl/α,β-unsaturated/α-hetero) is 3. The number of nitrogens with one attached hydrogen (secondary N) is 6. The normalized spacial score (nSPS) is 17.0. The van der Waals surface area contributed by atoms with Crippen LogP contribution in [0.2, 0.25) is 0 Å². The first-order chi connectivity index (χ1) is 48.1. The number of anilines is 9. The van der Waals surface area contributed by atoms with E-state index >= 15 is 0 Å². The zero-order valence-electron chi connectivity index (χ0n) is 57.3. The second-order valence-electron chi connectivity index (χ2n) is 26.6. The van der Waals surface area contributed by atoms with Crippen LogP contribution in [0.4, 0.5) is 52.4 Å². The third kappa shape index (κ3) is 14.5. The first-order valence-corrected chi connectivity index (χ1v) is 34.9. The number of pyridine rings is 6. The standard InChI is InChI=1S/3C24H29N7O2/c3*1-15-19-14-27-24(28-20-8-7-18(13-26-20)30-11-9-25-10-12-30)29-22(19)31(17-5-3-4-6-17)23(33)21(15)16(2)32/h3*7-8,13-14,17,25H,3-6,9-12H2,1-2H3,(H,26,27,28,29). The van der Waals surface area contributed by atoms with Crippen LogP contribution in [0.1, 0.15) is 164 Å². The molecule has 516 valence electrons. The first-order valence-electron chi connectivity index (χ1n) is 34.9. The Labute approximate surface area is 573 Å². The Hall–Kier alpha value is -9.99. The molecule has 6 fully saturated rings. The second-order valence-corrected chi connectivity index (χ2v) is 26.6. The van der Waals surface area contributed by atoms with Crippen molar-refractivity contribution in [1.29, 1.82) is 0 Å². The highest BCUT2D eigenvalue weighted by Gasteiger charge is 2.30. The van der Waals surface area contributed by atoms with E-state index in [4.69, 9.17) is 15.0 Å². The molecule has 0 amide bonds. The topological polar surface area (TPSA) is 315 Å². The van der Waals surface area contributed by atoms with Gasteiger partial charge in [0.15, 0.2) is 17.3 Å². The van der Waals surface area contributed by atoms with Gasteiger partial charge in [0.25, 0.3) is 16.7 Å². The summed E-state index contributed by atoms with van der Waals surface area (Å²) >= 11 is 0. The van der Waals surface area contributed by atoms with Crippen LogP contribution in [-0.2, 0) is 0 Å². The first kappa shape index (κ1) is 67.6. The van der Waals surface area contributed by atoms with Gasteiger partial charge in [-0.05, 0) is 133 Å².